The van der Waals surface area contributed by atoms with Crippen molar-refractivity contribution in [3.63, 3.8) is 0 Å². The number of piperazine rings is 1. The van der Waals surface area contributed by atoms with E-state index in [1.807, 2.05) is 6.92 Å². The molecular weight excluding hydrogens is 262 g/mol. The Balaban J connectivity index is 1.75. The molecule has 5 nitrogen and oxygen atoms in total. The van der Waals surface area contributed by atoms with Gasteiger partial charge in [0.25, 0.3) is 0 Å². The van der Waals surface area contributed by atoms with Gasteiger partial charge in [-0.15, -0.1) is 0 Å². The average Bonchev–Trinajstić information content (AvgIpc) is 3.21. The normalized spacial score (nSPS) is 21.6. The van der Waals surface area contributed by atoms with Gasteiger partial charge in [0.1, 0.15) is 16.8 Å². The minimum Gasteiger partial charge on any atom is -0.304 e. The summed E-state index contributed by atoms with van der Waals surface area (Å²) in [6.07, 6.45) is 2.38. The Kier molecular flexibility index (Phi) is 3.60. The number of aromatic nitrogens is 2. The number of hydrazine groups is 1. The summed E-state index contributed by atoms with van der Waals surface area (Å²) in [6.45, 7) is 6.10. The molecule has 1 N–H and O–H groups in total. The molecule has 0 amide bonds. The molecule has 3 rings (SSSR count). The van der Waals surface area contributed by atoms with Crippen LogP contribution in [0, 0.1) is 6.92 Å². The number of anilines is 1. The molecule has 104 valence electrons. The zero-order valence-electron chi connectivity index (χ0n) is 11.5. The van der Waals surface area contributed by atoms with Crippen LogP contribution < -0.4 is 5.43 Å². The topological polar surface area (TPSA) is 44.3 Å². The molecule has 0 radical (unpaired) electrons. The summed E-state index contributed by atoms with van der Waals surface area (Å²) >= 11 is 6.21. The van der Waals surface area contributed by atoms with Crippen molar-refractivity contribution in [2.45, 2.75) is 25.7 Å². The second kappa shape index (κ2) is 5.23. The van der Waals surface area contributed by atoms with E-state index in [9.17, 15) is 0 Å². The number of rotatable bonds is 3. The zero-order valence-corrected chi connectivity index (χ0v) is 12.2. The Morgan fingerprint density at radius 2 is 1.84 bits per heavy atom. The first-order chi connectivity index (χ1) is 9.13. The lowest BCUT2D eigenvalue weighted by atomic mass is 10.3. The third kappa shape index (κ3) is 2.99. The van der Waals surface area contributed by atoms with E-state index < -0.39 is 0 Å². The fourth-order valence-electron chi connectivity index (χ4n) is 2.21. The van der Waals surface area contributed by atoms with Gasteiger partial charge in [0.2, 0.25) is 0 Å². The van der Waals surface area contributed by atoms with E-state index in [2.05, 4.69) is 32.4 Å². The molecule has 2 heterocycles. The van der Waals surface area contributed by atoms with E-state index in [1.54, 1.807) is 0 Å². The Morgan fingerprint density at radius 1 is 1.16 bits per heavy atom. The van der Waals surface area contributed by atoms with Crippen molar-refractivity contribution < 1.29 is 0 Å². The lowest BCUT2D eigenvalue weighted by Gasteiger charge is -2.33. The molecule has 0 atom stereocenters. The summed E-state index contributed by atoms with van der Waals surface area (Å²) in [5, 5.41) is 2.79. The molecular formula is C13H20ClN5. The standard InChI is InChI=1S/C13H20ClN5/c1-9-11(14)15-13(10-3-4-10)16-12(9)17-19-7-5-18(2)6-8-19/h10H,3-8H2,1-2H3,(H,15,16,17). The van der Waals surface area contributed by atoms with E-state index >= 15 is 0 Å². The van der Waals surface area contributed by atoms with Gasteiger partial charge in [-0.3, -0.25) is 0 Å². The average molecular weight is 282 g/mol. The monoisotopic (exact) mass is 281 g/mol. The van der Waals surface area contributed by atoms with Crippen LogP contribution in [0.25, 0.3) is 0 Å². The third-order valence-electron chi connectivity index (χ3n) is 3.81. The first-order valence-corrected chi connectivity index (χ1v) is 7.25. The summed E-state index contributed by atoms with van der Waals surface area (Å²) < 4.78 is 0. The van der Waals surface area contributed by atoms with Crippen LogP contribution >= 0.6 is 11.6 Å². The highest BCUT2D eigenvalue weighted by molar-refractivity contribution is 6.30. The van der Waals surface area contributed by atoms with Crippen LogP contribution in [-0.2, 0) is 0 Å². The van der Waals surface area contributed by atoms with E-state index in [0.717, 1.165) is 43.4 Å². The van der Waals surface area contributed by atoms with Gasteiger partial charge in [-0.05, 0) is 26.8 Å². The Morgan fingerprint density at radius 3 is 2.47 bits per heavy atom. The first kappa shape index (κ1) is 13.1. The van der Waals surface area contributed by atoms with Gasteiger partial charge in [-0.2, -0.15) is 0 Å². The van der Waals surface area contributed by atoms with Gasteiger partial charge >= 0.3 is 0 Å². The maximum absolute atomic E-state index is 6.21. The molecule has 0 spiro atoms. The highest BCUT2D eigenvalue weighted by Crippen LogP contribution is 2.39. The van der Waals surface area contributed by atoms with Crippen molar-refractivity contribution in [1.29, 1.82) is 0 Å². The first-order valence-electron chi connectivity index (χ1n) is 6.87. The van der Waals surface area contributed by atoms with E-state index in [4.69, 9.17) is 11.6 Å². The van der Waals surface area contributed by atoms with E-state index in [0.29, 0.717) is 11.1 Å². The van der Waals surface area contributed by atoms with E-state index in [-0.39, 0.29) is 0 Å². The lowest BCUT2D eigenvalue weighted by molar-refractivity contribution is 0.178. The van der Waals surface area contributed by atoms with Crippen molar-refractivity contribution in [3.8, 4) is 0 Å². The maximum Gasteiger partial charge on any atom is 0.148 e. The molecule has 1 saturated carbocycles. The van der Waals surface area contributed by atoms with Crippen LogP contribution in [0.2, 0.25) is 5.15 Å². The van der Waals surface area contributed by atoms with Crippen LogP contribution in [0.3, 0.4) is 0 Å². The molecule has 0 aromatic carbocycles. The molecule has 0 bridgehead atoms. The fraction of sp³-hybridized carbons (Fsp3) is 0.692. The second-order valence-corrected chi connectivity index (χ2v) is 5.88. The van der Waals surface area contributed by atoms with Crippen molar-refractivity contribution in [2.75, 3.05) is 38.7 Å². The van der Waals surface area contributed by atoms with Crippen LogP contribution in [0.1, 0.15) is 30.1 Å². The van der Waals surface area contributed by atoms with Crippen LogP contribution in [0.5, 0.6) is 0 Å². The van der Waals surface area contributed by atoms with Gasteiger partial charge in [-0.1, -0.05) is 11.6 Å². The number of nitrogens with one attached hydrogen (secondary N) is 1. The SMILES string of the molecule is Cc1c(Cl)nc(C2CC2)nc1NN1CCN(C)CC1. The predicted molar refractivity (Wildman–Crippen MR) is 76.4 cm³/mol. The van der Waals surface area contributed by atoms with Crippen molar-refractivity contribution >= 4 is 17.4 Å². The predicted octanol–water partition coefficient (Wildman–Crippen LogP) is 1.89. The summed E-state index contributed by atoms with van der Waals surface area (Å²) in [7, 11) is 2.15. The van der Waals surface area contributed by atoms with Gasteiger partial charge in [0, 0.05) is 37.7 Å². The van der Waals surface area contributed by atoms with E-state index in [1.165, 1.54) is 12.8 Å². The highest BCUT2D eigenvalue weighted by atomic mass is 35.5. The van der Waals surface area contributed by atoms with Crippen LogP contribution in [0.15, 0.2) is 0 Å². The summed E-state index contributed by atoms with van der Waals surface area (Å²) in [5.41, 5.74) is 4.34. The number of likely N-dealkylation sites (N-methyl/N-ethyl adjacent to an activating group) is 1. The molecule has 1 aliphatic heterocycles. The number of halogens is 1. The molecule has 2 fully saturated rings. The second-order valence-electron chi connectivity index (χ2n) is 5.52. The fourth-order valence-corrected chi connectivity index (χ4v) is 2.38. The summed E-state index contributed by atoms with van der Waals surface area (Å²) in [4.78, 5) is 11.4. The van der Waals surface area contributed by atoms with Crippen LogP contribution in [-0.4, -0.2) is 53.1 Å². The molecule has 1 aliphatic carbocycles. The largest absolute Gasteiger partial charge is 0.304 e. The van der Waals surface area contributed by atoms with Gasteiger partial charge < -0.3 is 10.3 Å². The minimum atomic E-state index is 0.520. The molecule has 0 unspecified atom stereocenters. The van der Waals surface area contributed by atoms with Crippen molar-refractivity contribution in [3.05, 3.63) is 16.5 Å². The number of nitrogens with zero attached hydrogens (tertiary/aromatic N) is 4. The minimum absolute atomic E-state index is 0.520. The zero-order chi connectivity index (χ0) is 13.4. The molecule has 19 heavy (non-hydrogen) atoms. The third-order valence-corrected chi connectivity index (χ3v) is 4.18. The molecule has 2 aliphatic rings. The lowest BCUT2D eigenvalue weighted by Crippen LogP contribution is -2.47. The highest BCUT2D eigenvalue weighted by Gasteiger charge is 2.28. The summed E-state index contributed by atoms with van der Waals surface area (Å²) in [5.74, 6) is 2.28. The molecule has 1 aromatic rings. The quantitative estimate of drug-likeness (QED) is 0.857. The van der Waals surface area contributed by atoms with Crippen molar-refractivity contribution in [1.82, 2.24) is 19.9 Å². The van der Waals surface area contributed by atoms with Gasteiger partial charge in [0.05, 0.1) is 0 Å². The smallest absolute Gasteiger partial charge is 0.148 e. The van der Waals surface area contributed by atoms with Gasteiger partial charge in [-0.25, -0.2) is 15.0 Å². The van der Waals surface area contributed by atoms with Crippen molar-refractivity contribution in [2.24, 2.45) is 0 Å². The Hall–Kier alpha value is -0.910. The maximum atomic E-state index is 6.21. The Bertz CT molecular complexity index is 466. The molecule has 1 aromatic heterocycles. The molecule has 6 heteroatoms. The van der Waals surface area contributed by atoms with Crippen LogP contribution in [0.4, 0.5) is 5.82 Å². The van der Waals surface area contributed by atoms with Gasteiger partial charge in [0.15, 0.2) is 0 Å². The number of hydrogen-bond donors (Lipinski definition) is 1. The summed E-state index contributed by atoms with van der Waals surface area (Å²) in [6, 6.07) is 0. The number of hydrogen-bond acceptors (Lipinski definition) is 5. The molecule has 1 saturated heterocycles. The Labute approximate surface area is 118 Å².